The molecule has 2 amide bonds. The standard InChI is InChI=1S/C15H18N2O2S/c1-2-8-19-13-6-3-5-12(10-13)17-15(18)16-11-14-7-4-9-20-14/h3-7,9-10H,2,8,11H2,1H3,(H2,16,17,18). The van der Waals surface area contributed by atoms with E-state index < -0.39 is 0 Å². The third-order valence-corrected chi connectivity index (χ3v) is 3.44. The molecule has 0 bridgehead atoms. The fraction of sp³-hybridized carbons (Fsp3) is 0.267. The largest absolute Gasteiger partial charge is 0.494 e. The minimum Gasteiger partial charge on any atom is -0.494 e. The minimum absolute atomic E-state index is 0.217. The lowest BCUT2D eigenvalue weighted by Crippen LogP contribution is -2.27. The lowest BCUT2D eigenvalue weighted by Gasteiger charge is -2.09. The molecule has 5 heteroatoms. The number of benzene rings is 1. The van der Waals surface area contributed by atoms with Crippen molar-refractivity contribution in [1.82, 2.24) is 5.32 Å². The summed E-state index contributed by atoms with van der Waals surface area (Å²) in [6.07, 6.45) is 0.957. The summed E-state index contributed by atoms with van der Waals surface area (Å²) in [6.45, 7) is 3.27. The van der Waals surface area contributed by atoms with Gasteiger partial charge in [-0.15, -0.1) is 11.3 Å². The third kappa shape index (κ3) is 4.59. The number of carbonyl (C=O) groups excluding carboxylic acids is 1. The molecule has 0 atom stereocenters. The van der Waals surface area contributed by atoms with Crippen molar-refractivity contribution in [3.63, 3.8) is 0 Å². The van der Waals surface area contributed by atoms with E-state index >= 15 is 0 Å². The number of rotatable bonds is 6. The Labute approximate surface area is 122 Å². The highest BCUT2D eigenvalue weighted by Crippen LogP contribution is 2.17. The van der Waals surface area contributed by atoms with Gasteiger partial charge in [-0.1, -0.05) is 19.1 Å². The van der Waals surface area contributed by atoms with Crippen LogP contribution >= 0.6 is 11.3 Å². The normalized spacial score (nSPS) is 10.1. The Balaban J connectivity index is 1.84. The van der Waals surface area contributed by atoms with Crippen LogP contribution in [0.1, 0.15) is 18.2 Å². The molecule has 0 saturated heterocycles. The van der Waals surface area contributed by atoms with E-state index in [2.05, 4.69) is 17.6 Å². The molecule has 106 valence electrons. The average molecular weight is 290 g/mol. The smallest absolute Gasteiger partial charge is 0.319 e. The lowest BCUT2D eigenvalue weighted by molar-refractivity contribution is 0.252. The molecule has 0 aliphatic rings. The number of hydrogen-bond donors (Lipinski definition) is 2. The van der Waals surface area contributed by atoms with E-state index in [0.29, 0.717) is 13.2 Å². The molecule has 0 unspecified atom stereocenters. The Morgan fingerprint density at radius 2 is 2.20 bits per heavy atom. The van der Waals surface area contributed by atoms with Crippen molar-refractivity contribution < 1.29 is 9.53 Å². The van der Waals surface area contributed by atoms with Crippen LogP contribution < -0.4 is 15.4 Å². The third-order valence-electron chi connectivity index (χ3n) is 2.57. The molecule has 0 spiro atoms. The van der Waals surface area contributed by atoms with Gasteiger partial charge in [-0.2, -0.15) is 0 Å². The first-order chi connectivity index (χ1) is 9.78. The van der Waals surface area contributed by atoms with Crippen LogP contribution in [0.2, 0.25) is 0 Å². The molecule has 4 nitrogen and oxygen atoms in total. The molecule has 0 aliphatic heterocycles. The molecule has 0 radical (unpaired) electrons. The second-order valence-corrected chi connectivity index (χ2v) is 5.30. The maximum atomic E-state index is 11.8. The second kappa shape index (κ2) is 7.55. The van der Waals surface area contributed by atoms with E-state index in [4.69, 9.17) is 4.74 Å². The van der Waals surface area contributed by atoms with Gasteiger partial charge in [0.2, 0.25) is 0 Å². The average Bonchev–Trinajstić information content (AvgIpc) is 2.97. The minimum atomic E-state index is -0.217. The van der Waals surface area contributed by atoms with Crippen LogP contribution in [0, 0.1) is 0 Å². The van der Waals surface area contributed by atoms with Crippen molar-refractivity contribution in [2.45, 2.75) is 19.9 Å². The molecular weight excluding hydrogens is 272 g/mol. The molecule has 1 heterocycles. The van der Waals surface area contributed by atoms with E-state index in [0.717, 1.165) is 22.7 Å². The molecule has 2 aromatic rings. The summed E-state index contributed by atoms with van der Waals surface area (Å²) in [6, 6.07) is 11.1. The zero-order valence-corrected chi connectivity index (χ0v) is 12.2. The van der Waals surface area contributed by atoms with Gasteiger partial charge >= 0.3 is 6.03 Å². The van der Waals surface area contributed by atoms with Gasteiger partial charge in [0.25, 0.3) is 0 Å². The number of thiophene rings is 1. The van der Waals surface area contributed by atoms with Crippen LogP contribution in [0.4, 0.5) is 10.5 Å². The maximum Gasteiger partial charge on any atom is 0.319 e. The monoisotopic (exact) mass is 290 g/mol. The highest BCUT2D eigenvalue weighted by molar-refractivity contribution is 7.09. The van der Waals surface area contributed by atoms with Gasteiger partial charge in [-0.3, -0.25) is 0 Å². The van der Waals surface area contributed by atoms with E-state index in [1.807, 2.05) is 41.8 Å². The highest BCUT2D eigenvalue weighted by Gasteiger charge is 2.03. The van der Waals surface area contributed by atoms with Gasteiger partial charge < -0.3 is 15.4 Å². The lowest BCUT2D eigenvalue weighted by atomic mass is 10.3. The molecular formula is C15H18N2O2S. The Morgan fingerprint density at radius 3 is 2.95 bits per heavy atom. The molecule has 0 fully saturated rings. The fourth-order valence-electron chi connectivity index (χ4n) is 1.64. The summed E-state index contributed by atoms with van der Waals surface area (Å²) in [5, 5.41) is 7.60. The fourth-order valence-corrected chi connectivity index (χ4v) is 2.28. The van der Waals surface area contributed by atoms with Crippen LogP contribution in [0.15, 0.2) is 41.8 Å². The number of amides is 2. The summed E-state index contributed by atoms with van der Waals surface area (Å²) in [7, 11) is 0. The van der Waals surface area contributed by atoms with Crippen molar-refractivity contribution in [1.29, 1.82) is 0 Å². The number of hydrogen-bond acceptors (Lipinski definition) is 3. The van der Waals surface area contributed by atoms with Gasteiger partial charge in [-0.25, -0.2) is 4.79 Å². The topological polar surface area (TPSA) is 50.4 Å². The zero-order chi connectivity index (χ0) is 14.2. The Kier molecular flexibility index (Phi) is 5.43. The van der Waals surface area contributed by atoms with Gasteiger partial charge in [0.1, 0.15) is 5.75 Å². The predicted molar refractivity (Wildman–Crippen MR) is 82.4 cm³/mol. The summed E-state index contributed by atoms with van der Waals surface area (Å²) >= 11 is 1.62. The first-order valence-corrected chi connectivity index (χ1v) is 7.46. The molecule has 1 aromatic heterocycles. The van der Waals surface area contributed by atoms with E-state index in [9.17, 15) is 4.79 Å². The van der Waals surface area contributed by atoms with E-state index in [1.165, 1.54) is 0 Å². The number of anilines is 1. The van der Waals surface area contributed by atoms with Crippen molar-refractivity contribution in [2.75, 3.05) is 11.9 Å². The Hall–Kier alpha value is -2.01. The molecule has 20 heavy (non-hydrogen) atoms. The van der Waals surface area contributed by atoms with Crippen molar-refractivity contribution in [2.24, 2.45) is 0 Å². The number of nitrogens with one attached hydrogen (secondary N) is 2. The maximum absolute atomic E-state index is 11.8. The molecule has 0 saturated carbocycles. The highest BCUT2D eigenvalue weighted by atomic mass is 32.1. The molecule has 2 rings (SSSR count). The van der Waals surface area contributed by atoms with Crippen LogP contribution in [-0.4, -0.2) is 12.6 Å². The SMILES string of the molecule is CCCOc1cccc(NC(=O)NCc2cccs2)c1. The number of urea groups is 1. The first kappa shape index (κ1) is 14.4. The van der Waals surface area contributed by atoms with Gasteiger partial charge in [0.05, 0.1) is 13.2 Å². The first-order valence-electron chi connectivity index (χ1n) is 6.58. The van der Waals surface area contributed by atoms with Crippen molar-refractivity contribution >= 4 is 23.1 Å². The zero-order valence-electron chi connectivity index (χ0n) is 11.4. The molecule has 1 aromatic carbocycles. The van der Waals surface area contributed by atoms with E-state index in [-0.39, 0.29) is 6.03 Å². The van der Waals surface area contributed by atoms with Gasteiger partial charge in [0, 0.05) is 16.6 Å². The van der Waals surface area contributed by atoms with E-state index in [1.54, 1.807) is 11.3 Å². The van der Waals surface area contributed by atoms with Crippen LogP contribution in [0.5, 0.6) is 5.75 Å². The second-order valence-electron chi connectivity index (χ2n) is 4.26. The summed E-state index contributed by atoms with van der Waals surface area (Å²) in [4.78, 5) is 12.9. The summed E-state index contributed by atoms with van der Waals surface area (Å²) in [5.74, 6) is 0.767. The Bertz CT molecular complexity index is 541. The van der Waals surface area contributed by atoms with Gasteiger partial charge in [0.15, 0.2) is 0 Å². The quantitative estimate of drug-likeness (QED) is 0.848. The summed E-state index contributed by atoms with van der Waals surface area (Å²) in [5.41, 5.74) is 0.724. The predicted octanol–water partition coefficient (Wildman–Crippen LogP) is 3.86. The summed E-state index contributed by atoms with van der Waals surface area (Å²) < 4.78 is 5.53. The van der Waals surface area contributed by atoms with Crippen LogP contribution in [0.25, 0.3) is 0 Å². The van der Waals surface area contributed by atoms with Crippen LogP contribution in [-0.2, 0) is 6.54 Å². The number of carbonyl (C=O) groups is 1. The van der Waals surface area contributed by atoms with Crippen LogP contribution in [0.3, 0.4) is 0 Å². The Morgan fingerprint density at radius 1 is 1.30 bits per heavy atom. The van der Waals surface area contributed by atoms with Gasteiger partial charge in [-0.05, 0) is 30.0 Å². The molecule has 0 aliphatic carbocycles. The molecule has 2 N–H and O–H groups in total. The van der Waals surface area contributed by atoms with Crippen molar-refractivity contribution in [3.05, 3.63) is 46.7 Å². The van der Waals surface area contributed by atoms with Crippen molar-refractivity contribution in [3.8, 4) is 5.75 Å². The number of ether oxygens (including phenoxy) is 1.